The first-order chi connectivity index (χ1) is 8.79. The van der Waals surface area contributed by atoms with Crippen molar-refractivity contribution in [1.29, 1.82) is 0 Å². The van der Waals surface area contributed by atoms with Gasteiger partial charge < -0.3 is 9.52 Å². The molecule has 0 saturated carbocycles. The summed E-state index contributed by atoms with van der Waals surface area (Å²) >= 11 is 5.63. The smallest absolute Gasteiger partial charge is 0.452 e. The first-order valence-electron chi connectivity index (χ1n) is 4.86. The van der Waals surface area contributed by atoms with Crippen LogP contribution in [0, 0.1) is 0 Å². The Kier molecular flexibility index (Phi) is 3.23. The van der Waals surface area contributed by atoms with Gasteiger partial charge in [-0.2, -0.15) is 13.2 Å². The number of carbonyl (C=O) groups is 1. The molecular formula is C11H5ClF3NO3. The second-order valence-electron chi connectivity index (χ2n) is 3.51. The normalized spacial score (nSPS) is 11.6. The van der Waals surface area contributed by atoms with E-state index in [1.165, 1.54) is 24.3 Å². The molecule has 1 N–H and O–H groups in total. The highest BCUT2D eigenvalue weighted by Gasteiger charge is 2.41. The van der Waals surface area contributed by atoms with Crippen molar-refractivity contribution in [3.8, 4) is 11.5 Å². The van der Waals surface area contributed by atoms with Gasteiger partial charge in [0.05, 0.1) is 0 Å². The summed E-state index contributed by atoms with van der Waals surface area (Å²) in [6, 6.07) is 5.60. The number of rotatable bonds is 2. The predicted octanol–water partition coefficient (Wildman–Crippen LogP) is 3.71. The molecule has 0 aliphatic rings. The Morgan fingerprint density at radius 3 is 2.26 bits per heavy atom. The molecule has 0 bridgehead atoms. The van der Waals surface area contributed by atoms with Crippen LogP contribution in [0.2, 0.25) is 5.02 Å². The minimum Gasteiger partial charge on any atom is -0.476 e. The van der Waals surface area contributed by atoms with Crippen LogP contribution in [0.15, 0.2) is 28.7 Å². The van der Waals surface area contributed by atoms with Crippen LogP contribution < -0.4 is 0 Å². The van der Waals surface area contributed by atoms with Gasteiger partial charge in [0.15, 0.2) is 5.69 Å². The molecule has 0 spiro atoms. The maximum Gasteiger partial charge on any atom is 0.452 e. The minimum absolute atomic E-state index is 0.197. The van der Waals surface area contributed by atoms with Gasteiger partial charge in [-0.25, -0.2) is 9.78 Å². The van der Waals surface area contributed by atoms with E-state index in [4.69, 9.17) is 16.7 Å². The molecule has 19 heavy (non-hydrogen) atoms. The van der Waals surface area contributed by atoms with Crippen LogP contribution >= 0.6 is 11.6 Å². The van der Waals surface area contributed by atoms with Crippen molar-refractivity contribution in [2.45, 2.75) is 6.18 Å². The molecule has 0 radical (unpaired) electrons. The lowest BCUT2D eigenvalue weighted by Crippen LogP contribution is -2.10. The molecule has 1 aromatic carbocycles. The van der Waals surface area contributed by atoms with Gasteiger partial charge >= 0.3 is 12.1 Å². The second kappa shape index (κ2) is 4.58. The van der Waals surface area contributed by atoms with Gasteiger partial charge in [-0.05, 0) is 24.3 Å². The third-order valence-corrected chi connectivity index (χ3v) is 2.43. The summed E-state index contributed by atoms with van der Waals surface area (Å²) in [6.45, 7) is 0. The van der Waals surface area contributed by atoms with Crippen LogP contribution in [-0.2, 0) is 6.18 Å². The maximum atomic E-state index is 12.6. The molecule has 0 unspecified atom stereocenters. The van der Waals surface area contributed by atoms with Crippen molar-refractivity contribution in [2.24, 2.45) is 0 Å². The van der Waals surface area contributed by atoms with E-state index in [2.05, 4.69) is 9.40 Å². The lowest BCUT2D eigenvalue weighted by Gasteiger charge is -2.01. The summed E-state index contributed by atoms with van der Waals surface area (Å²) < 4.78 is 42.3. The molecule has 1 heterocycles. The van der Waals surface area contributed by atoms with E-state index < -0.39 is 29.5 Å². The average molecular weight is 292 g/mol. The zero-order valence-corrected chi connectivity index (χ0v) is 9.79. The van der Waals surface area contributed by atoms with Gasteiger partial charge in [-0.15, -0.1) is 0 Å². The third kappa shape index (κ3) is 2.70. The van der Waals surface area contributed by atoms with E-state index in [1.807, 2.05) is 0 Å². The number of oxazole rings is 1. The zero-order valence-electron chi connectivity index (χ0n) is 9.03. The Morgan fingerprint density at radius 2 is 1.84 bits per heavy atom. The topological polar surface area (TPSA) is 63.3 Å². The van der Waals surface area contributed by atoms with Crippen molar-refractivity contribution in [2.75, 3.05) is 0 Å². The van der Waals surface area contributed by atoms with E-state index in [-0.39, 0.29) is 5.56 Å². The number of nitrogens with zero attached hydrogens (tertiary/aromatic N) is 1. The summed E-state index contributed by atoms with van der Waals surface area (Å²) in [6.07, 6.45) is -4.93. The zero-order chi connectivity index (χ0) is 14.2. The molecule has 2 rings (SSSR count). The Morgan fingerprint density at radius 1 is 1.26 bits per heavy atom. The summed E-state index contributed by atoms with van der Waals surface area (Å²) in [5.41, 5.74) is -0.972. The van der Waals surface area contributed by atoms with Crippen molar-refractivity contribution < 1.29 is 27.5 Å². The van der Waals surface area contributed by atoms with Gasteiger partial charge in [0.1, 0.15) is 0 Å². The number of carboxylic acid groups (broad SMARTS) is 1. The lowest BCUT2D eigenvalue weighted by molar-refractivity contribution is -0.153. The van der Waals surface area contributed by atoms with Gasteiger partial charge in [0.25, 0.3) is 0 Å². The van der Waals surface area contributed by atoms with Gasteiger partial charge in [-0.1, -0.05) is 11.6 Å². The summed E-state index contributed by atoms with van der Waals surface area (Å²) in [4.78, 5) is 14.1. The first kappa shape index (κ1) is 13.4. The quantitative estimate of drug-likeness (QED) is 0.916. The second-order valence-corrected chi connectivity index (χ2v) is 3.94. The average Bonchev–Trinajstić information content (AvgIpc) is 2.74. The Labute approximate surface area is 109 Å². The molecule has 0 atom stereocenters. The SMILES string of the molecule is O=C(O)c1nc(-c2ccc(Cl)cc2)oc1C(F)(F)F. The number of alkyl halides is 3. The van der Waals surface area contributed by atoms with Crippen molar-refractivity contribution in [3.05, 3.63) is 40.7 Å². The van der Waals surface area contributed by atoms with Gasteiger partial charge in [-0.3, -0.25) is 0 Å². The molecule has 8 heteroatoms. The maximum absolute atomic E-state index is 12.6. The fraction of sp³-hybridized carbons (Fsp3) is 0.0909. The van der Waals surface area contributed by atoms with E-state index in [9.17, 15) is 18.0 Å². The molecule has 0 amide bonds. The van der Waals surface area contributed by atoms with E-state index in [0.29, 0.717) is 5.02 Å². The first-order valence-corrected chi connectivity index (χ1v) is 5.24. The molecule has 0 saturated heterocycles. The van der Waals surface area contributed by atoms with Gasteiger partial charge in [0.2, 0.25) is 11.7 Å². The Bertz CT molecular complexity index is 619. The van der Waals surface area contributed by atoms with Crippen LogP contribution in [-0.4, -0.2) is 16.1 Å². The van der Waals surface area contributed by atoms with E-state index >= 15 is 0 Å². The summed E-state index contributed by atoms with van der Waals surface area (Å²) in [5, 5.41) is 9.07. The highest BCUT2D eigenvalue weighted by molar-refractivity contribution is 6.30. The number of halogens is 4. The number of benzene rings is 1. The van der Waals surface area contributed by atoms with E-state index in [0.717, 1.165) is 0 Å². The summed E-state index contributed by atoms with van der Waals surface area (Å²) in [5.74, 6) is -3.87. The third-order valence-electron chi connectivity index (χ3n) is 2.18. The molecular weight excluding hydrogens is 287 g/mol. The van der Waals surface area contributed by atoms with Crippen molar-refractivity contribution in [3.63, 3.8) is 0 Å². The van der Waals surface area contributed by atoms with Crippen molar-refractivity contribution >= 4 is 17.6 Å². The van der Waals surface area contributed by atoms with Crippen LogP contribution in [0.1, 0.15) is 16.2 Å². The Hall–Kier alpha value is -2.02. The van der Waals surface area contributed by atoms with E-state index in [1.54, 1.807) is 0 Å². The number of hydrogen-bond donors (Lipinski definition) is 1. The molecule has 2 aromatic rings. The fourth-order valence-corrected chi connectivity index (χ4v) is 1.50. The molecule has 0 fully saturated rings. The highest BCUT2D eigenvalue weighted by Crippen LogP contribution is 2.35. The van der Waals surface area contributed by atoms with Crippen LogP contribution in [0.25, 0.3) is 11.5 Å². The standard InChI is InChI=1S/C11H5ClF3NO3/c12-6-3-1-5(2-4-6)9-16-7(10(17)18)8(19-9)11(13,14)15/h1-4H,(H,17,18). The molecule has 100 valence electrons. The van der Waals surface area contributed by atoms with Crippen molar-refractivity contribution in [1.82, 2.24) is 4.98 Å². The van der Waals surface area contributed by atoms with Crippen LogP contribution in [0.5, 0.6) is 0 Å². The summed E-state index contributed by atoms with van der Waals surface area (Å²) in [7, 11) is 0. The molecule has 0 aliphatic heterocycles. The molecule has 4 nitrogen and oxygen atoms in total. The predicted molar refractivity (Wildman–Crippen MR) is 58.9 cm³/mol. The minimum atomic E-state index is -4.93. The largest absolute Gasteiger partial charge is 0.476 e. The lowest BCUT2D eigenvalue weighted by atomic mass is 10.2. The van der Waals surface area contributed by atoms with Crippen LogP contribution in [0.4, 0.5) is 13.2 Å². The van der Waals surface area contributed by atoms with Gasteiger partial charge in [0, 0.05) is 10.6 Å². The monoisotopic (exact) mass is 291 g/mol. The highest BCUT2D eigenvalue weighted by atomic mass is 35.5. The Balaban J connectivity index is 2.55. The molecule has 1 aromatic heterocycles. The van der Waals surface area contributed by atoms with Crippen LogP contribution in [0.3, 0.4) is 0 Å². The number of aromatic nitrogens is 1. The molecule has 0 aliphatic carbocycles. The number of carboxylic acids is 1. The number of hydrogen-bond acceptors (Lipinski definition) is 3. The number of aromatic carboxylic acids is 1. The fourth-order valence-electron chi connectivity index (χ4n) is 1.37.